The van der Waals surface area contributed by atoms with E-state index in [4.69, 9.17) is 4.74 Å². The van der Waals surface area contributed by atoms with Gasteiger partial charge in [-0.2, -0.15) is 31.4 Å². The number of methoxy groups -OCH3 is 1. The van der Waals surface area contributed by atoms with Crippen LogP contribution in [-0.4, -0.2) is 51.8 Å². The van der Waals surface area contributed by atoms with E-state index in [-0.39, 0.29) is 43.0 Å². The summed E-state index contributed by atoms with van der Waals surface area (Å²) in [5.74, 6) is -1.73. The molecular weight excluding hydrogens is 454 g/mol. The fourth-order valence-corrected chi connectivity index (χ4v) is 3.76. The Balaban J connectivity index is 1.68. The number of alkyl halides is 6. The van der Waals surface area contributed by atoms with Crippen molar-refractivity contribution in [3.63, 3.8) is 0 Å². The highest BCUT2D eigenvalue weighted by atomic mass is 19.4. The van der Waals surface area contributed by atoms with Gasteiger partial charge in [0.1, 0.15) is 5.75 Å². The Morgan fingerprint density at radius 2 is 1.67 bits per heavy atom. The fraction of sp³-hybridized carbons (Fsp3) is 0.381. The van der Waals surface area contributed by atoms with Crippen LogP contribution in [0.25, 0.3) is 16.9 Å². The highest BCUT2D eigenvalue weighted by Crippen LogP contribution is 2.35. The second-order valence-corrected chi connectivity index (χ2v) is 7.66. The highest BCUT2D eigenvalue weighted by Gasteiger charge is 2.42. The van der Waals surface area contributed by atoms with Gasteiger partial charge in [-0.3, -0.25) is 4.79 Å². The van der Waals surface area contributed by atoms with Crippen LogP contribution in [0.5, 0.6) is 5.75 Å². The van der Waals surface area contributed by atoms with E-state index in [0.29, 0.717) is 15.8 Å². The van der Waals surface area contributed by atoms with Crippen LogP contribution in [0, 0.1) is 5.92 Å². The molecule has 3 heterocycles. The van der Waals surface area contributed by atoms with Crippen LogP contribution in [0.4, 0.5) is 26.3 Å². The number of hydrogen-bond acceptors (Lipinski definition) is 4. The van der Waals surface area contributed by atoms with E-state index in [1.807, 2.05) is 0 Å². The Morgan fingerprint density at radius 3 is 2.21 bits per heavy atom. The normalized spacial score (nSPS) is 15.8. The Morgan fingerprint density at radius 1 is 1.03 bits per heavy atom. The minimum absolute atomic E-state index is 0.0161. The van der Waals surface area contributed by atoms with Crippen molar-refractivity contribution in [2.24, 2.45) is 5.92 Å². The van der Waals surface area contributed by atoms with Crippen molar-refractivity contribution in [2.45, 2.75) is 25.2 Å². The van der Waals surface area contributed by atoms with Crippen LogP contribution in [0.1, 0.15) is 29.0 Å². The molecule has 0 bridgehead atoms. The maximum absolute atomic E-state index is 13.7. The minimum Gasteiger partial charge on any atom is -0.497 e. The number of halogens is 6. The van der Waals surface area contributed by atoms with Gasteiger partial charge in [-0.1, -0.05) is 0 Å². The number of hydrogen-bond donors (Lipinski definition) is 0. The molecule has 0 aliphatic carbocycles. The minimum atomic E-state index is -4.79. The first kappa shape index (κ1) is 22.9. The average molecular weight is 472 g/mol. The number of aromatic nitrogens is 3. The predicted octanol–water partition coefficient (Wildman–Crippen LogP) is 4.84. The van der Waals surface area contributed by atoms with Crippen molar-refractivity contribution in [3.05, 3.63) is 47.8 Å². The third-order valence-electron chi connectivity index (χ3n) is 5.57. The average Bonchev–Trinajstić information content (AvgIpc) is 3.21. The summed E-state index contributed by atoms with van der Waals surface area (Å²) in [6, 6.07) is 8.18. The molecule has 0 spiro atoms. The van der Waals surface area contributed by atoms with Gasteiger partial charge in [0.15, 0.2) is 17.0 Å². The topological polar surface area (TPSA) is 59.7 Å². The number of likely N-dealkylation sites (tertiary alicyclic amines) is 1. The lowest BCUT2D eigenvalue weighted by molar-refractivity contribution is -0.183. The second kappa shape index (κ2) is 8.23. The van der Waals surface area contributed by atoms with Gasteiger partial charge < -0.3 is 9.64 Å². The van der Waals surface area contributed by atoms with Crippen LogP contribution >= 0.6 is 0 Å². The molecule has 0 saturated carbocycles. The summed E-state index contributed by atoms with van der Waals surface area (Å²) >= 11 is 0. The number of rotatable bonds is 3. The van der Waals surface area contributed by atoms with Crippen molar-refractivity contribution in [1.29, 1.82) is 0 Å². The molecule has 0 atom stereocenters. The summed E-state index contributed by atoms with van der Waals surface area (Å²) in [7, 11) is 1.46. The van der Waals surface area contributed by atoms with Gasteiger partial charge in [0.05, 0.1) is 18.7 Å². The summed E-state index contributed by atoms with van der Waals surface area (Å²) in [6.45, 7) is -0.318. The quantitative estimate of drug-likeness (QED) is 0.512. The molecule has 1 saturated heterocycles. The van der Waals surface area contributed by atoms with Crippen molar-refractivity contribution < 1.29 is 35.9 Å². The molecule has 1 amide bonds. The molecule has 33 heavy (non-hydrogen) atoms. The van der Waals surface area contributed by atoms with Crippen LogP contribution in [-0.2, 0) is 6.18 Å². The van der Waals surface area contributed by atoms with E-state index in [2.05, 4.69) is 10.1 Å². The molecule has 1 aliphatic rings. The number of piperidine rings is 1. The number of carbonyl (C=O) groups excluding carboxylic acids is 1. The molecule has 3 aromatic rings. The lowest BCUT2D eigenvalue weighted by Gasteiger charge is -2.32. The zero-order valence-electron chi connectivity index (χ0n) is 17.2. The second-order valence-electron chi connectivity index (χ2n) is 7.66. The molecule has 0 unspecified atom stereocenters. The summed E-state index contributed by atoms with van der Waals surface area (Å²) in [5, 5.41) is 3.78. The zero-order chi connectivity index (χ0) is 24.0. The number of carbonyl (C=O) groups is 1. The molecule has 6 nitrogen and oxygen atoms in total. The zero-order valence-corrected chi connectivity index (χ0v) is 17.2. The molecular formula is C21H18F6N4O2. The summed E-state index contributed by atoms with van der Waals surface area (Å²) in [4.78, 5) is 18.1. The lowest BCUT2D eigenvalue weighted by atomic mass is 9.96. The van der Waals surface area contributed by atoms with Crippen LogP contribution in [0.3, 0.4) is 0 Å². The van der Waals surface area contributed by atoms with Crippen molar-refractivity contribution in [1.82, 2.24) is 19.5 Å². The Labute approximate surface area is 183 Å². The number of benzene rings is 1. The summed E-state index contributed by atoms with van der Waals surface area (Å²) in [6.07, 6.45) is -9.67. The third-order valence-corrected chi connectivity index (χ3v) is 5.57. The SMILES string of the molecule is COc1ccc(-c2cc(C(F)(F)F)n3nc(C(=O)N4CCC(C(F)(F)F)CC4)cc3n2)cc1. The predicted molar refractivity (Wildman–Crippen MR) is 105 cm³/mol. The van der Waals surface area contributed by atoms with E-state index >= 15 is 0 Å². The van der Waals surface area contributed by atoms with Gasteiger partial charge in [-0.05, 0) is 43.2 Å². The Hall–Kier alpha value is -3.31. The molecule has 4 rings (SSSR count). The smallest absolute Gasteiger partial charge is 0.433 e. The van der Waals surface area contributed by atoms with Crippen LogP contribution in [0.15, 0.2) is 36.4 Å². The molecule has 176 valence electrons. The van der Waals surface area contributed by atoms with E-state index in [0.717, 1.165) is 12.1 Å². The van der Waals surface area contributed by atoms with E-state index < -0.39 is 29.9 Å². The third kappa shape index (κ3) is 4.60. The molecule has 0 radical (unpaired) electrons. The number of nitrogens with zero attached hydrogens (tertiary/aromatic N) is 4. The molecule has 1 aromatic carbocycles. The number of ether oxygens (including phenoxy) is 1. The van der Waals surface area contributed by atoms with Crippen LogP contribution < -0.4 is 4.74 Å². The first-order valence-electron chi connectivity index (χ1n) is 9.96. The maximum Gasteiger partial charge on any atom is 0.433 e. The van der Waals surface area contributed by atoms with Gasteiger partial charge in [0.2, 0.25) is 0 Å². The van der Waals surface area contributed by atoms with Gasteiger partial charge >= 0.3 is 12.4 Å². The molecule has 1 fully saturated rings. The standard InChI is InChI=1S/C21H18F6N4O2/c1-33-14-4-2-12(3-5-14)15-10-17(21(25,26)27)31-18(28-15)11-16(29-31)19(32)30-8-6-13(7-9-30)20(22,23)24/h2-5,10-11,13H,6-9H2,1H3. The highest BCUT2D eigenvalue weighted by molar-refractivity contribution is 5.93. The van der Waals surface area contributed by atoms with E-state index in [1.54, 1.807) is 24.3 Å². The maximum atomic E-state index is 13.7. The Bertz CT molecular complexity index is 1160. The first-order chi connectivity index (χ1) is 15.5. The summed E-state index contributed by atoms with van der Waals surface area (Å²) < 4.78 is 85.4. The van der Waals surface area contributed by atoms with Gasteiger partial charge in [0.25, 0.3) is 5.91 Å². The molecule has 0 N–H and O–H groups in total. The Kier molecular flexibility index (Phi) is 5.71. The summed E-state index contributed by atoms with van der Waals surface area (Å²) in [5.41, 5.74) is -1.24. The molecule has 1 aliphatic heterocycles. The fourth-order valence-electron chi connectivity index (χ4n) is 3.76. The first-order valence-corrected chi connectivity index (χ1v) is 9.96. The van der Waals surface area contributed by atoms with Crippen molar-refractivity contribution in [3.8, 4) is 17.0 Å². The number of fused-ring (bicyclic) bond motifs is 1. The van der Waals surface area contributed by atoms with Gasteiger partial charge in [-0.15, -0.1) is 0 Å². The van der Waals surface area contributed by atoms with E-state index in [1.165, 1.54) is 12.0 Å². The monoisotopic (exact) mass is 472 g/mol. The van der Waals surface area contributed by atoms with Gasteiger partial charge in [0, 0.05) is 24.7 Å². The van der Waals surface area contributed by atoms with E-state index in [9.17, 15) is 31.1 Å². The van der Waals surface area contributed by atoms with Gasteiger partial charge in [-0.25, -0.2) is 9.50 Å². The van der Waals surface area contributed by atoms with Crippen molar-refractivity contribution in [2.75, 3.05) is 20.2 Å². The largest absolute Gasteiger partial charge is 0.497 e. The van der Waals surface area contributed by atoms with Crippen LogP contribution in [0.2, 0.25) is 0 Å². The lowest BCUT2D eigenvalue weighted by Crippen LogP contribution is -2.42. The molecule has 12 heteroatoms. The van der Waals surface area contributed by atoms with Crippen molar-refractivity contribution >= 4 is 11.6 Å². The number of amides is 1. The molecule has 2 aromatic heterocycles.